The molecule has 0 aromatic rings. The van der Waals surface area contributed by atoms with Crippen LogP contribution < -0.4 is 5.90 Å². The summed E-state index contributed by atoms with van der Waals surface area (Å²) in [6.07, 6.45) is -0.514. The van der Waals surface area contributed by atoms with Gasteiger partial charge in [0.1, 0.15) is 0 Å². The van der Waals surface area contributed by atoms with Crippen LogP contribution in [-0.4, -0.2) is 78.6 Å². The van der Waals surface area contributed by atoms with E-state index in [1.165, 1.54) is 0 Å². The van der Waals surface area contributed by atoms with Gasteiger partial charge < -0.3 is 15.1 Å². The molecule has 90 valence electrons. The highest BCUT2D eigenvalue weighted by Gasteiger charge is 2.18. The van der Waals surface area contributed by atoms with Gasteiger partial charge in [-0.1, -0.05) is 0 Å². The Balaban J connectivity index is 2.14. The van der Waals surface area contributed by atoms with Crippen LogP contribution in [0.3, 0.4) is 0 Å². The van der Waals surface area contributed by atoms with E-state index < -0.39 is 6.10 Å². The minimum atomic E-state index is -0.514. The summed E-state index contributed by atoms with van der Waals surface area (Å²) in [7, 11) is 0. The third-order valence-electron chi connectivity index (χ3n) is 2.64. The Labute approximate surface area is 90.2 Å². The third kappa shape index (κ3) is 4.87. The van der Waals surface area contributed by atoms with Crippen molar-refractivity contribution in [2.75, 3.05) is 52.5 Å². The Kier molecular flexibility index (Phi) is 6.07. The predicted molar refractivity (Wildman–Crippen MR) is 56.1 cm³/mol. The number of rotatable bonds is 6. The molecule has 1 rings (SSSR count). The molecule has 0 spiro atoms. The minimum absolute atomic E-state index is 0.177. The number of piperazine rings is 1. The minimum Gasteiger partial charge on any atom is -0.395 e. The van der Waals surface area contributed by atoms with Crippen LogP contribution in [0.25, 0.3) is 0 Å². The average molecular weight is 219 g/mol. The van der Waals surface area contributed by atoms with Crippen LogP contribution in [-0.2, 0) is 4.84 Å². The molecule has 1 heterocycles. The Morgan fingerprint density at radius 1 is 1.20 bits per heavy atom. The highest BCUT2D eigenvalue weighted by Crippen LogP contribution is 2.02. The third-order valence-corrected chi connectivity index (χ3v) is 2.64. The zero-order chi connectivity index (χ0) is 11.1. The molecule has 6 nitrogen and oxygen atoms in total. The van der Waals surface area contributed by atoms with Gasteiger partial charge in [-0.25, -0.2) is 5.90 Å². The van der Waals surface area contributed by atoms with Gasteiger partial charge in [-0.05, 0) is 0 Å². The lowest BCUT2D eigenvalue weighted by Crippen LogP contribution is -2.49. The number of nitrogens with zero attached hydrogens (tertiary/aromatic N) is 2. The second-order valence-electron chi connectivity index (χ2n) is 3.85. The molecule has 4 N–H and O–H groups in total. The molecule has 0 amide bonds. The summed E-state index contributed by atoms with van der Waals surface area (Å²) >= 11 is 0. The maximum atomic E-state index is 9.47. The van der Waals surface area contributed by atoms with Gasteiger partial charge in [0.15, 0.2) is 0 Å². The quantitative estimate of drug-likeness (QED) is 0.442. The largest absolute Gasteiger partial charge is 0.395 e. The zero-order valence-electron chi connectivity index (χ0n) is 9.01. The maximum Gasteiger partial charge on any atom is 0.0951 e. The first kappa shape index (κ1) is 12.8. The predicted octanol–water partition coefficient (Wildman–Crippen LogP) is -2.15. The molecule has 0 radical (unpaired) electrons. The number of β-amino-alcohol motifs (C(OH)–C–C–N with tert-alkyl or cyclic N) is 2. The van der Waals surface area contributed by atoms with Crippen molar-refractivity contribution in [1.29, 1.82) is 0 Å². The zero-order valence-corrected chi connectivity index (χ0v) is 9.01. The van der Waals surface area contributed by atoms with Crippen molar-refractivity contribution < 1.29 is 15.1 Å². The molecular weight excluding hydrogens is 198 g/mol. The van der Waals surface area contributed by atoms with Gasteiger partial charge in [-0.2, -0.15) is 0 Å². The summed E-state index contributed by atoms with van der Waals surface area (Å²) in [6, 6.07) is 0. The van der Waals surface area contributed by atoms with Crippen molar-refractivity contribution in [1.82, 2.24) is 9.80 Å². The summed E-state index contributed by atoms with van der Waals surface area (Å²) in [5, 5.41) is 18.2. The van der Waals surface area contributed by atoms with Gasteiger partial charge in [0.25, 0.3) is 0 Å². The van der Waals surface area contributed by atoms with Gasteiger partial charge in [0.05, 0.1) is 19.3 Å². The van der Waals surface area contributed by atoms with Crippen LogP contribution in [0.15, 0.2) is 0 Å². The van der Waals surface area contributed by atoms with Crippen LogP contribution in [0, 0.1) is 0 Å². The van der Waals surface area contributed by atoms with Crippen molar-refractivity contribution in [3.63, 3.8) is 0 Å². The van der Waals surface area contributed by atoms with E-state index in [1.807, 2.05) is 0 Å². The lowest BCUT2D eigenvalue weighted by atomic mass is 10.2. The fraction of sp³-hybridized carbons (Fsp3) is 1.00. The lowest BCUT2D eigenvalue weighted by Gasteiger charge is -2.35. The summed E-state index contributed by atoms with van der Waals surface area (Å²) in [4.78, 5) is 8.77. The van der Waals surface area contributed by atoms with Gasteiger partial charge >= 0.3 is 0 Å². The van der Waals surface area contributed by atoms with Crippen LogP contribution >= 0.6 is 0 Å². The summed E-state index contributed by atoms with van der Waals surface area (Å²) in [6.45, 7) is 5.45. The molecule has 1 aliphatic rings. The first-order valence-electron chi connectivity index (χ1n) is 5.31. The second kappa shape index (κ2) is 7.10. The van der Waals surface area contributed by atoms with Crippen molar-refractivity contribution in [3.05, 3.63) is 0 Å². The molecule has 1 saturated heterocycles. The van der Waals surface area contributed by atoms with Crippen LogP contribution in [0.4, 0.5) is 0 Å². The SMILES string of the molecule is NOCC(O)CN1CCN(CCO)CC1. The van der Waals surface area contributed by atoms with Gasteiger partial charge in [0.2, 0.25) is 0 Å². The average Bonchev–Trinajstić information content (AvgIpc) is 2.22. The molecule has 0 bridgehead atoms. The molecule has 0 saturated carbocycles. The highest BCUT2D eigenvalue weighted by molar-refractivity contribution is 4.73. The fourth-order valence-corrected chi connectivity index (χ4v) is 1.80. The topological polar surface area (TPSA) is 82.2 Å². The van der Waals surface area contributed by atoms with E-state index >= 15 is 0 Å². The monoisotopic (exact) mass is 219 g/mol. The van der Waals surface area contributed by atoms with Crippen molar-refractivity contribution in [2.24, 2.45) is 5.90 Å². The van der Waals surface area contributed by atoms with E-state index in [4.69, 9.17) is 11.0 Å². The van der Waals surface area contributed by atoms with Crippen molar-refractivity contribution in [2.45, 2.75) is 6.10 Å². The fourth-order valence-electron chi connectivity index (χ4n) is 1.80. The molecule has 15 heavy (non-hydrogen) atoms. The molecule has 1 aliphatic heterocycles. The standard InChI is InChI=1S/C9H21N3O3/c10-15-8-9(14)7-12-3-1-11(2-4-12)5-6-13/h9,13-14H,1-8,10H2. The van der Waals surface area contributed by atoms with Crippen LogP contribution in [0.1, 0.15) is 0 Å². The Hall–Kier alpha value is -0.240. The van der Waals surface area contributed by atoms with E-state index in [2.05, 4.69) is 14.6 Å². The highest BCUT2D eigenvalue weighted by atomic mass is 16.6. The van der Waals surface area contributed by atoms with Crippen molar-refractivity contribution in [3.8, 4) is 0 Å². The second-order valence-corrected chi connectivity index (χ2v) is 3.85. The molecule has 6 heteroatoms. The number of hydrogen-bond donors (Lipinski definition) is 3. The smallest absolute Gasteiger partial charge is 0.0951 e. The number of aliphatic hydroxyl groups excluding tert-OH is 2. The van der Waals surface area contributed by atoms with E-state index in [-0.39, 0.29) is 13.2 Å². The van der Waals surface area contributed by atoms with E-state index in [1.54, 1.807) is 0 Å². The van der Waals surface area contributed by atoms with Gasteiger partial charge in [-0.3, -0.25) is 9.80 Å². The summed E-state index contributed by atoms with van der Waals surface area (Å²) in [5.41, 5.74) is 0. The van der Waals surface area contributed by atoms with Crippen LogP contribution in [0.5, 0.6) is 0 Å². The molecule has 1 fully saturated rings. The van der Waals surface area contributed by atoms with Crippen molar-refractivity contribution >= 4 is 0 Å². The van der Waals surface area contributed by atoms with E-state index in [0.29, 0.717) is 6.54 Å². The molecule has 0 aromatic heterocycles. The molecule has 0 aliphatic carbocycles. The summed E-state index contributed by atoms with van der Waals surface area (Å²) in [5.74, 6) is 4.88. The number of hydrogen-bond acceptors (Lipinski definition) is 6. The number of aliphatic hydroxyl groups is 2. The van der Waals surface area contributed by atoms with Gasteiger partial charge in [-0.15, -0.1) is 0 Å². The number of nitrogens with two attached hydrogens (primary N) is 1. The van der Waals surface area contributed by atoms with E-state index in [9.17, 15) is 5.11 Å². The maximum absolute atomic E-state index is 9.47. The molecular formula is C9H21N3O3. The molecule has 0 aromatic carbocycles. The Morgan fingerprint density at radius 3 is 2.33 bits per heavy atom. The Morgan fingerprint density at radius 2 is 1.80 bits per heavy atom. The van der Waals surface area contributed by atoms with Gasteiger partial charge in [0, 0.05) is 39.3 Å². The normalized spacial score (nSPS) is 21.8. The van der Waals surface area contributed by atoms with E-state index in [0.717, 1.165) is 32.7 Å². The Bertz CT molecular complexity index is 163. The lowest BCUT2D eigenvalue weighted by molar-refractivity contribution is 0.00561. The molecule has 1 unspecified atom stereocenters. The molecule has 1 atom stereocenters. The summed E-state index contributed by atoms with van der Waals surface area (Å²) < 4.78 is 0. The van der Waals surface area contributed by atoms with Crippen LogP contribution in [0.2, 0.25) is 0 Å². The first-order valence-corrected chi connectivity index (χ1v) is 5.31. The first-order chi connectivity index (χ1) is 7.26.